The van der Waals surface area contributed by atoms with Crippen molar-refractivity contribution in [2.75, 3.05) is 19.5 Å². The summed E-state index contributed by atoms with van der Waals surface area (Å²) in [4.78, 5) is 12.7. The van der Waals surface area contributed by atoms with Gasteiger partial charge in [0.25, 0.3) is 0 Å². The Kier molecular flexibility index (Phi) is 7.18. The fourth-order valence-electron chi connectivity index (χ4n) is 2.66. The fourth-order valence-corrected chi connectivity index (χ4v) is 3.42. The Hall–Kier alpha value is -2.15. The topological polar surface area (TPSA) is 80.7 Å². The molecule has 0 saturated carbocycles. The first-order chi connectivity index (χ1) is 12.8. The highest BCUT2D eigenvalue weighted by Crippen LogP contribution is 2.31. The fraction of sp³-hybridized carbons (Fsp3) is 0.250. The molecule has 0 aromatic heterocycles. The van der Waals surface area contributed by atoms with E-state index in [0.717, 1.165) is 6.26 Å². The quantitative estimate of drug-likeness (QED) is 0.560. The van der Waals surface area contributed by atoms with Gasteiger partial charge in [-0.3, -0.25) is 0 Å². The Labute approximate surface area is 164 Å². The van der Waals surface area contributed by atoms with Gasteiger partial charge in [-0.2, -0.15) is 0 Å². The maximum Gasteiger partial charge on any atom is 0.334 e. The minimum Gasteiger partial charge on any atom is -0.463 e. The normalized spacial score (nSPS) is 12.4. The predicted octanol–water partition coefficient (Wildman–Crippen LogP) is 3.49. The number of hydrogen-bond donors (Lipinski definition) is 1. The van der Waals surface area contributed by atoms with Gasteiger partial charge in [-0.05, 0) is 47.9 Å². The zero-order chi connectivity index (χ0) is 20.0. The molecule has 0 saturated heterocycles. The summed E-state index contributed by atoms with van der Waals surface area (Å²) in [7, 11) is -3.34. The third-order valence-electron chi connectivity index (χ3n) is 3.89. The van der Waals surface area contributed by atoms with Gasteiger partial charge in [0.2, 0.25) is 0 Å². The van der Waals surface area contributed by atoms with Gasteiger partial charge < -0.3 is 9.84 Å². The molecule has 0 amide bonds. The molecule has 0 aliphatic rings. The van der Waals surface area contributed by atoms with Gasteiger partial charge in [-0.15, -0.1) is 0 Å². The Balaban J connectivity index is 2.70. The molecule has 27 heavy (non-hydrogen) atoms. The van der Waals surface area contributed by atoms with Crippen LogP contribution in [0.25, 0.3) is 5.57 Å². The molecule has 144 valence electrons. The van der Waals surface area contributed by atoms with Crippen LogP contribution in [0.3, 0.4) is 0 Å². The Morgan fingerprint density at radius 1 is 1.04 bits per heavy atom. The van der Waals surface area contributed by atoms with E-state index in [0.29, 0.717) is 27.3 Å². The van der Waals surface area contributed by atoms with Crippen molar-refractivity contribution in [1.29, 1.82) is 0 Å². The summed E-state index contributed by atoms with van der Waals surface area (Å²) in [6, 6.07) is 13.2. The molecule has 0 unspecified atom stereocenters. The first-order valence-corrected chi connectivity index (χ1v) is 10.6. The highest BCUT2D eigenvalue weighted by atomic mass is 35.5. The van der Waals surface area contributed by atoms with Crippen LogP contribution in [0, 0.1) is 0 Å². The first-order valence-electron chi connectivity index (χ1n) is 8.35. The molecule has 2 rings (SSSR count). The lowest BCUT2D eigenvalue weighted by Gasteiger charge is -2.16. The van der Waals surface area contributed by atoms with Crippen molar-refractivity contribution >= 4 is 33.0 Å². The Morgan fingerprint density at radius 3 is 2.00 bits per heavy atom. The second-order valence-corrected chi connectivity index (χ2v) is 8.30. The molecular formula is C20H21ClO5S. The van der Waals surface area contributed by atoms with Crippen LogP contribution in [0.2, 0.25) is 5.02 Å². The molecule has 0 heterocycles. The average Bonchev–Trinajstić information content (AvgIpc) is 2.62. The molecule has 0 radical (unpaired) electrons. The second kappa shape index (κ2) is 9.17. The van der Waals surface area contributed by atoms with Crippen LogP contribution in [0.5, 0.6) is 0 Å². The minimum atomic E-state index is -3.34. The number of hydrogen-bond acceptors (Lipinski definition) is 5. The van der Waals surface area contributed by atoms with Crippen LogP contribution in [-0.2, 0) is 19.4 Å². The molecule has 2 aromatic rings. The predicted molar refractivity (Wildman–Crippen MR) is 105 cm³/mol. The largest absolute Gasteiger partial charge is 0.463 e. The number of aliphatic hydroxyl groups excluding tert-OH is 1. The zero-order valence-electron chi connectivity index (χ0n) is 15.1. The van der Waals surface area contributed by atoms with Gasteiger partial charge in [-0.1, -0.05) is 35.9 Å². The highest BCUT2D eigenvalue weighted by molar-refractivity contribution is 7.90. The summed E-state index contributed by atoms with van der Waals surface area (Å²) in [6.07, 6.45) is 1.23. The summed E-state index contributed by atoms with van der Waals surface area (Å²) < 4.78 is 28.6. The van der Waals surface area contributed by atoms with Crippen LogP contribution in [-0.4, -0.2) is 39.0 Å². The van der Waals surface area contributed by atoms with E-state index in [4.69, 9.17) is 16.3 Å². The van der Waals surface area contributed by atoms with Crippen LogP contribution < -0.4 is 0 Å². The molecule has 7 heteroatoms. The molecular weight excluding hydrogens is 388 g/mol. The second-order valence-electron chi connectivity index (χ2n) is 5.85. The van der Waals surface area contributed by atoms with E-state index in [1.165, 1.54) is 12.1 Å². The number of halogens is 1. The third kappa shape index (κ3) is 5.42. The maximum atomic E-state index is 12.5. The van der Waals surface area contributed by atoms with Crippen molar-refractivity contribution in [1.82, 2.24) is 0 Å². The summed E-state index contributed by atoms with van der Waals surface area (Å²) >= 11 is 5.97. The molecule has 5 nitrogen and oxygen atoms in total. The van der Waals surface area contributed by atoms with Gasteiger partial charge in [0.1, 0.15) is 0 Å². The number of rotatable bonds is 7. The van der Waals surface area contributed by atoms with E-state index in [2.05, 4.69) is 0 Å². The van der Waals surface area contributed by atoms with Crippen LogP contribution in [0.4, 0.5) is 0 Å². The summed E-state index contributed by atoms with van der Waals surface area (Å²) in [5.41, 5.74) is 2.23. The van der Waals surface area contributed by atoms with Crippen LogP contribution in [0.1, 0.15) is 24.5 Å². The van der Waals surface area contributed by atoms with Gasteiger partial charge in [0.15, 0.2) is 9.84 Å². The Morgan fingerprint density at radius 2 is 1.56 bits per heavy atom. The van der Waals surface area contributed by atoms with E-state index in [9.17, 15) is 18.3 Å². The molecule has 0 bridgehead atoms. The zero-order valence-corrected chi connectivity index (χ0v) is 16.7. The molecule has 2 aromatic carbocycles. The van der Waals surface area contributed by atoms with E-state index < -0.39 is 15.8 Å². The van der Waals surface area contributed by atoms with Gasteiger partial charge >= 0.3 is 5.97 Å². The maximum absolute atomic E-state index is 12.5. The van der Waals surface area contributed by atoms with Gasteiger partial charge in [0.05, 0.1) is 11.5 Å². The number of ether oxygens (including phenoxy) is 1. The van der Waals surface area contributed by atoms with Crippen molar-refractivity contribution in [3.63, 3.8) is 0 Å². The first kappa shape index (κ1) is 21.2. The van der Waals surface area contributed by atoms with E-state index in [1.807, 2.05) is 0 Å². The Bertz CT molecular complexity index is 929. The standard InChI is InChI=1S/C20H21ClO5S/c1-3-26-20(23)18(12-13-22)19(14-4-8-16(21)9-5-14)15-6-10-17(11-7-15)27(2,24)25/h4-11,22H,3,12-13H2,1-2H3. The van der Waals surface area contributed by atoms with Crippen molar-refractivity contribution < 1.29 is 23.1 Å². The highest BCUT2D eigenvalue weighted by Gasteiger charge is 2.20. The SMILES string of the molecule is CCOC(=O)C(CCO)=C(c1ccc(Cl)cc1)c1ccc(S(C)(=O)=O)cc1. The van der Waals surface area contributed by atoms with E-state index >= 15 is 0 Å². The molecule has 1 N–H and O–H groups in total. The van der Waals surface area contributed by atoms with Crippen molar-refractivity contribution in [3.8, 4) is 0 Å². The summed E-state index contributed by atoms with van der Waals surface area (Å²) in [5.74, 6) is -0.524. The van der Waals surface area contributed by atoms with E-state index in [-0.39, 0.29) is 24.5 Å². The lowest BCUT2D eigenvalue weighted by molar-refractivity contribution is -0.138. The van der Waals surface area contributed by atoms with Gasteiger partial charge in [0, 0.05) is 29.9 Å². The van der Waals surface area contributed by atoms with Crippen molar-refractivity contribution in [2.24, 2.45) is 0 Å². The van der Waals surface area contributed by atoms with Crippen LogP contribution >= 0.6 is 11.6 Å². The minimum absolute atomic E-state index is 0.102. The number of esters is 1. The number of benzene rings is 2. The lowest BCUT2D eigenvalue weighted by atomic mass is 9.91. The van der Waals surface area contributed by atoms with Crippen LogP contribution in [0.15, 0.2) is 59.0 Å². The molecule has 0 aliphatic carbocycles. The van der Waals surface area contributed by atoms with Crippen molar-refractivity contribution in [2.45, 2.75) is 18.2 Å². The summed E-state index contributed by atoms with van der Waals surface area (Å²) in [6.45, 7) is 1.68. The molecule has 0 atom stereocenters. The number of sulfone groups is 1. The smallest absolute Gasteiger partial charge is 0.334 e. The van der Waals surface area contributed by atoms with Gasteiger partial charge in [-0.25, -0.2) is 13.2 Å². The molecule has 0 spiro atoms. The monoisotopic (exact) mass is 408 g/mol. The molecule has 0 aliphatic heterocycles. The van der Waals surface area contributed by atoms with E-state index in [1.54, 1.807) is 43.3 Å². The summed E-state index contributed by atoms with van der Waals surface area (Å²) in [5, 5.41) is 10.00. The lowest BCUT2D eigenvalue weighted by Crippen LogP contribution is -2.12. The number of aliphatic hydroxyl groups is 1. The average molecular weight is 409 g/mol. The number of carbonyl (C=O) groups is 1. The third-order valence-corrected chi connectivity index (χ3v) is 5.27. The van der Waals surface area contributed by atoms with Crippen molar-refractivity contribution in [3.05, 3.63) is 70.3 Å². The number of carbonyl (C=O) groups excluding carboxylic acids is 1. The molecule has 0 fully saturated rings.